The zero-order valence-corrected chi connectivity index (χ0v) is 18.1. The molecule has 3 aromatic rings. The number of ether oxygens (including phenoxy) is 1. The van der Waals surface area contributed by atoms with E-state index in [0.29, 0.717) is 23.8 Å². The molecule has 10 nitrogen and oxygen atoms in total. The van der Waals surface area contributed by atoms with Crippen molar-refractivity contribution in [3.63, 3.8) is 0 Å². The van der Waals surface area contributed by atoms with E-state index in [2.05, 4.69) is 38.7 Å². The second-order valence-corrected chi connectivity index (χ2v) is 7.95. The van der Waals surface area contributed by atoms with Gasteiger partial charge in [0.2, 0.25) is 5.95 Å². The van der Waals surface area contributed by atoms with E-state index in [0.717, 1.165) is 55.7 Å². The second kappa shape index (κ2) is 9.44. The molecule has 31 heavy (non-hydrogen) atoms. The zero-order valence-electron chi connectivity index (χ0n) is 18.1. The molecule has 0 radical (unpaired) electrons. The Morgan fingerprint density at radius 1 is 1.29 bits per heavy atom. The number of nitrogens with one attached hydrogen (secondary N) is 2. The smallest absolute Gasteiger partial charge is 0.222 e. The van der Waals surface area contributed by atoms with Gasteiger partial charge in [-0.1, -0.05) is 13.3 Å². The van der Waals surface area contributed by atoms with E-state index in [1.165, 1.54) is 5.56 Å². The summed E-state index contributed by atoms with van der Waals surface area (Å²) in [5.41, 5.74) is 15.5. The molecule has 1 atom stereocenters. The number of fused-ring (bicyclic) bond motifs is 1. The fourth-order valence-corrected chi connectivity index (χ4v) is 4.10. The standard InChI is InChI=1S/C21H31N9O/c1-3-4-18(22)28-20-19-15(27-21(23)29-20)11-26-30(19)12-16-17(31-2)9-14(10-25-16)13-5-7-24-8-6-13/h9-11,13,18,24H,3-8,12,22H2,1-2H3,(H3,23,27,28,29). The third-order valence-electron chi connectivity index (χ3n) is 5.71. The normalized spacial score (nSPS) is 15.8. The Bertz CT molecular complexity index is 1030. The van der Waals surface area contributed by atoms with Gasteiger partial charge in [0.15, 0.2) is 5.82 Å². The van der Waals surface area contributed by atoms with Crippen LogP contribution in [0.15, 0.2) is 18.5 Å². The molecule has 10 heteroatoms. The summed E-state index contributed by atoms with van der Waals surface area (Å²) in [6, 6.07) is 2.11. The number of methoxy groups -OCH3 is 1. The van der Waals surface area contributed by atoms with Crippen molar-refractivity contribution in [3.05, 3.63) is 29.7 Å². The number of piperidine rings is 1. The SMILES string of the molecule is CCCC(N)Nc1nc(N)nc2cnn(Cc3ncc(C4CCNCC4)cc3OC)c12. The van der Waals surface area contributed by atoms with Crippen LogP contribution in [0.5, 0.6) is 5.75 Å². The Kier molecular flexibility index (Phi) is 6.47. The van der Waals surface area contributed by atoms with Crippen LogP contribution < -0.4 is 26.8 Å². The molecule has 0 aromatic carbocycles. The Morgan fingerprint density at radius 3 is 2.84 bits per heavy atom. The summed E-state index contributed by atoms with van der Waals surface area (Å²) in [4.78, 5) is 13.4. The van der Waals surface area contributed by atoms with E-state index >= 15 is 0 Å². The number of anilines is 2. The lowest BCUT2D eigenvalue weighted by Gasteiger charge is -2.23. The molecular weight excluding hydrogens is 394 g/mol. The monoisotopic (exact) mass is 425 g/mol. The van der Waals surface area contributed by atoms with E-state index in [-0.39, 0.29) is 12.1 Å². The maximum Gasteiger partial charge on any atom is 0.222 e. The Morgan fingerprint density at radius 2 is 2.10 bits per heavy atom. The van der Waals surface area contributed by atoms with Crippen LogP contribution in [0.4, 0.5) is 11.8 Å². The number of nitrogen functional groups attached to an aromatic ring is 1. The fraction of sp³-hybridized carbons (Fsp3) is 0.524. The van der Waals surface area contributed by atoms with Crippen LogP contribution in [0.25, 0.3) is 11.0 Å². The Balaban J connectivity index is 1.65. The summed E-state index contributed by atoms with van der Waals surface area (Å²) in [5.74, 6) is 2.02. The van der Waals surface area contributed by atoms with Gasteiger partial charge in [0.25, 0.3) is 0 Å². The van der Waals surface area contributed by atoms with E-state index in [9.17, 15) is 0 Å². The molecule has 4 rings (SSSR count). The van der Waals surface area contributed by atoms with Gasteiger partial charge in [-0.15, -0.1) is 0 Å². The largest absolute Gasteiger partial charge is 0.495 e. The minimum Gasteiger partial charge on any atom is -0.495 e. The molecule has 0 spiro atoms. The summed E-state index contributed by atoms with van der Waals surface area (Å²) in [6.45, 7) is 4.57. The average molecular weight is 426 g/mol. The van der Waals surface area contributed by atoms with Gasteiger partial charge in [0.1, 0.15) is 22.5 Å². The maximum atomic E-state index is 6.18. The molecule has 1 saturated heterocycles. The summed E-state index contributed by atoms with van der Waals surface area (Å²) in [7, 11) is 1.68. The van der Waals surface area contributed by atoms with Crippen molar-refractivity contribution >= 4 is 22.8 Å². The summed E-state index contributed by atoms with van der Waals surface area (Å²) < 4.78 is 7.49. The molecule has 1 unspecified atom stereocenters. The first-order chi connectivity index (χ1) is 15.1. The Labute approximate surface area is 181 Å². The predicted octanol–water partition coefficient (Wildman–Crippen LogP) is 1.82. The number of nitrogens with zero attached hydrogens (tertiary/aromatic N) is 5. The highest BCUT2D eigenvalue weighted by Gasteiger charge is 2.20. The molecule has 1 aliphatic heterocycles. The van der Waals surface area contributed by atoms with Crippen molar-refractivity contribution in [1.29, 1.82) is 0 Å². The molecular formula is C21H31N9O. The molecule has 0 aliphatic carbocycles. The highest BCUT2D eigenvalue weighted by Crippen LogP contribution is 2.30. The van der Waals surface area contributed by atoms with Crippen LogP contribution >= 0.6 is 0 Å². The van der Waals surface area contributed by atoms with Gasteiger partial charge in [0.05, 0.1) is 26.0 Å². The molecule has 3 aromatic heterocycles. The first-order valence-corrected chi connectivity index (χ1v) is 10.8. The minimum atomic E-state index is -0.234. The number of hydrogen-bond donors (Lipinski definition) is 4. The molecule has 0 saturated carbocycles. The number of pyridine rings is 1. The third-order valence-corrected chi connectivity index (χ3v) is 5.71. The van der Waals surface area contributed by atoms with Crippen molar-refractivity contribution < 1.29 is 4.74 Å². The van der Waals surface area contributed by atoms with Gasteiger partial charge in [-0.05, 0) is 49.9 Å². The van der Waals surface area contributed by atoms with Gasteiger partial charge < -0.3 is 26.8 Å². The van der Waals surface area contributed by atoms with Gasteiger partial charge in [-0.3, -0.25) is 9.67 Å². The van der Waals surface area contributed by atoms with E-state index in [4.69, 9.17) is 21.2 Å². The molecule has 0 bridgehead atoms. The first-order valence-electron chi connectivity index (χ1n) is 10.8. The van der Waals surface area contributed by atoms with Crippen LogP contribution in [-0.4, -0.2) is 51.1 Å². The second-order valence-electron chi connectivity index (χ2n) is 7.95. The lowest BCUT2D eigenvalue weighted by atomic mass is 9.91. The van der Waals surface area contributed by atoms with Gasteiger partial charge in [-0.2, -0.15) is 10.1 Å². The van der Waals surface area contributed by atoms with Crippen molar-refractivity contribution in [3.8, 4) is 5.75 Å². The maximum absolute atomic E-state index is 6.18. The number of nitrogens with two attached hydrogens (primary N) is 2. The van der Waals surface area contributed by atoms with Crippen molar-refractivity contribution in [2.24, 2.45) is 5.73 Å². The van der Waals surface area contributed by atoms with Gasteiger partial charge in [-0.25, -0.2) is 4.98 Å². The van der Waals surface area contributed by atoms with Crippen molar-refractivity contribution in [2.45, 2.75) is 51.2 Å². The average Bonchev–Trinajstić information content (AvgIpc) is 3.17. The third kappa shape index (κ3) is 4.70. The summed E-state index contributed by atoms with van der Waals surface area (Å²) in [5, 5.41) is 11.2. The number of hydrogen-bond acceptors (Lipinski definition) is 9. The lowest BCUT2D eigenvalue weighted by molar-refractivity contribution is 0.400. The lowest BCUT2D eigenvalue weighted by Crippen LogP contribution is -2.30. The molecule has 166 valence electrons. The predicted molar refractivity (Wildman–Crippen MR) is 121 cm³/mol. The van der Waals surface area contributed by atoms with Crippen LogP contribution in [-0.2, 0) is 6.54 Å². The van der Waals surface area contributed by atoms with E-state index < -0.39 is 0 Å². The molecule has 6 N–H and O–H groups in total. The molecule has 1 aliphatic rings. The van der Waals surface area contributed by atoms with Gasteiger partial charge in [0, 0.05) is 6.20 Å². The quantitative estimate of drug-likeness (QED) is 0.397. The molecule has 0 amide bonds. The first kappa shape index (κ1) is 21.3. The molecule has 4 heterocycles. The summed E-state index contributed by atoms with van der Waals surface area (Å²) in [6.07, 6.45) is 7.40. The van der Waals surface area contributed by atoms with Crippen molar-refractivity contribution in [1.82, 2.24) is 30.0 Å². The topological polar surface area (TPSA) is 142 Å². The van der Waals surface area contributed by atoms with Crippen LogP contribution in [0.1, 0.15) is 49.8 Å². The highest BCUT2D eigenvalue weighted by molar-refractivity contribution is 5.86. The Hall–Kier alpha value is -2.98. The molecule has 1 fully saturated rings. The van der Waals surface area contributed by atoms with E-state index in [1.54, 1.807) is 13.3 Å². The highest BCUT2D eigenvalue weighted by atomic mass is 16.5. The number of aromatic nitrogens is 5. The van der Waals surface area contributed by atoms with Crippen LogP contribution in [0.2, 0.25) is 0 Å². The fourth-order valence-electron chi connectivity index (χ4n) is 4.10. The zero-order chi connectivity index (χ0) is 21.8. The van der Waals surface area contributed by atoms with Gasteiger partial charge >= 0.3 is 0 Å². The van der Waals surface area contributed by atoms with E-state index in [1.807, 2.05) is 10.9 Å². The summed E-state index contributed by atoms with van der Waals surface area (Å²) >= 11 is 0. The van der Waals surface area contributed by atoms with Crippen LogP contribution in [0, 0.1) is 0 Å². The van der Waals surface area contributed by atoms with Crippen LogP contribution in [0.3, 0.4) is 0 Å². The number of rotatable bonds is 8. The van der Waals surface area contributed by atoms with Crippen molar-refractivity contribution in [2.75, 3.05) is 31.2 Å². The minimum absolute atomic E-state index is 0.181.